The molecule has 1 aromatic rings. The van der Waals surface area contributed by atoms with E-state index in [2.05, 4.69) is 53.6 Å². The first-order valence-electron chi connectivity index (χ1n) is 12.3. The SMILES string of the molecule is CCNC(=NCC(CC)N1CCc2ccccc2C1)NCCCOCC1CCOCC1. The molecule has 1 aromatic carbocycles. The average molecular weight is 431 g/mol. The van der Waals surface area contributed by atoms with Crippen LogP contribution in [0.25, 0.3) is 0 Å². The third-order valence-electron chi connectivity index (χ3n) is 6.40. The molecule has 0 amide bonds. The van der Waals surface area contributed by atoms with Crippen molar-refractivity contribution in [3.05, 3.63) is 35.4 Å². The second-order valence-electron chi connectivity index (χ2n) is 8.68. The van der Waals surface area contributed by atoms with Crippen LogP contribution in [0.3, 0.4) is 0 Å². The number of fused-ring (bicyclic) bond motifs is 1. The fraction of sp³-hybridized carbons (Fsp3) is 0.720. The van der Waals surface area contributed by atoms with Gasteiger partial charge >= 0.3 is 0 Å². The lowest BCUT2D eigenvalue weighted by molar-refractivity contribution is 0.0203. The lowest BCUT2D eigenvalue weighted by atomic mass is 9.98. The average Bonchev–Trinajstić information content (AvgIpc) is 2.82. The number of hydrogen-bond donors (Lipinski definition) is 2. The van der Waals surface area contributed by atoms with E-state index in [0.717, 1.165) is 97.2 Å². The van der Waals surface area contributed by atoms with Gasteiger partial charge in [-0.05, 0) is 56.1 Å². The Morgan fingerprint density at radius 2 is 2.00 bits per heavy atom. The van der Waals surface area contributed by atoms with Crippen LogP contribution in [0, 0.1) is 5.92 Å². The van der Waals surface area contributed by atoms with Crippen molar-refractivity contribution >= 4 is 5.96 Å². The summed E-state index contributed by atoms with van der Waals surface area (Å²) in [6, 6.07) is 9.33. The molecular weight excluding hydrogens is 388 g/mol. The van der Waals surface area contributed by atoms with Crippen LogP contribution in [0.1, 0.15) is 50.7 Å². The molecule has 2 aliphatic rings. The van der Waals surface area contributed by atoms with Crippen molar-refractivity contribution in [3.63, 3.8) is 0 Å². The van der Waals surface area contributed by atoms with Crippen molar-refractivity contribution in [3.8, 4) is 0 Å². The highest BCUT2D eigenvalue weighted by Crippen LogP contribution is 2.21. The fourth-order valence-corrected chi connectivity index (χ4v) is 4.41. The first-order chi connectivity index (χ1) is 15.3. The number of benzene rings is 1. The van der Waals surface area contributed by atoms with Crippen molar-refractivity contribution < 1.29 is 9.47 Å². The normalized spacial score (nSPS) is 19.1. The molecule has 0 saturated carbocycles. The lowest BCUT2D eigenvalue weighted by Gasteiger charge is -2.34. The number of hydrogen-bond acceptors (Lipinski definition) is 4. The van der Waals surface area contributed by atoms with E-state index in [1.165, 1.54) is 11.1 Å². The zero-order chi connectivity index (χ0) is 21.7. The Bertz CT molecular complexity index is 661. The second kappa shape index (κ2) is 13.7. The van der Waals surface area contributed by atoms with E-state index in [1.54, 1.807) is 0 Å². The first kappa shape index (κ1) is 24.0. The van der Waals surface area contributed by atoms with Crippen molar-refractivity contribution in [2.75, 3.05) is 52.6 Å². The van der Waals surface area contributed by atoms with Gasteiger partial charge in [-0.3, -0.25) is 9.89 Å². The molecule has 1 atom stereocenters. The molecule has 0 radical (unpaired) electrons. The number of rotatable bonds is 11. The van der Waals surface area contributed by atoms with Crippen molar-refractivity contribution in [1.29, 1.82) is 0 Å². The Kier molecular flexibility index (Phi) is 10.6. The van der Waals surface area contributed by atoms with E-state index in [9.17, 15) is 0 Å². The van der Waals surface area contributed by atoms with Gasteiger partial charge in [-0.2, -0.15) is 0 Å². The molecule has 1 saturated heterocycles. The zero-order valence-corrected chi connectivity index (χ0v) is 19.6. The molecule has 3 rings (SSSR count). The van der Waals surface area contributed by atoms with Crippen LogP contribution in [0.5, 0.6) is 0 Å². The quantitative estimate of drug-likeness (QED) is 0.321. The second-order valence-corrected chi connectivity index (χ2v) is 8.68. The van der Waals surface area contributed by atoms with Crippen molar-refractivity contribution in [2.45, 2.75) is 58.5 Å². The highest BCUT2D eigenvalue weighted by molar-refractivity contribution is 5.79. The minimum Gasteiger partial charge on any atom is -0.381 e. The summed E-state index contributed by atoms with van der Waals surface area (Å²) in [4.78, 5) is 7.50. The maximum atomic E-state index is 5.88. The summed E-state index contributed by atoms with van der Waals surface area (Å²) in [6.07, 6.45) is 5.52. The van der Waals surface area contributed by atoms with Crippen LogP contribution in [0.4, 0.5) is 0 Å². The molecule has 31 heavy (non-hydrogen) atoms. The van der Waals surface area contributed by atoms with Crippen LogP contribution >= 0.6 is 0 Å². The van der Waals surface area contributed by atoms with Gasteiger partial charge < -0.3 is 20.1 Å². The molecule has 174 valence electrons. The summed E-state index contributed by atoms with van der Waals surface area (Å²) in [7, 11) is 0. The Morgan fingerprint density at radius 1 is 1.19 bits per heavy atom. The predicted octanol–water partition coefficient (Wildman–Crippen LogP) is 3.21. The number of nitrogens with one attached hydrogen (secondary N) is 2. The predicted molar refractivity (Wildman–Crippen MR) is 128 cm³/mol. The summed E-state index contributed by atoms with van der Waals surface area (Å²) in [5, 5.41) is 6.87. The Balaban J connectivity index is 1.38. The highest BCUT2D eigenvalue weighted by atomic mass is 16.5. The van der Waals surface area contributed by atoms with Crippen LogP contribution in [-0.4, -0.2) is 69.5 Å². The summed E-state index contributed by atoms with van der Waals surface area (Å²) in [6.45, 7) is 12.6. The Hall–Kier alpha value is -1.63. The molecule has 0 aliphatic carbocycles. The maximum absolute atomic E-state index is 5.88. The molecule has 0 bridgehead atoms. The zero-order valence-electron chi connectivity index (χ0n) is 19.6. The molecule has 1 fully saturated rings. The van der Waals surface area contributed by atoms with Crippen LogP contribution in [0.2, 0.25) is 0 Å². The van der Waals surface area contributed by atoms with Gasteiger partial charge in [0.2, 0.25) is 0 Å². The first-order valence-corrected chi connectivity index (χ1v) is 12.3. The third kappa shape index (κ3) is 8.09. The molecule has 6 nitrogen and oxygen atoms in total. The maximum Gasteiger partial charge on any atom is 0.191 e. The van der Waals surface area contributed by atoms with Gasteiger partial charge in [0.25, 0.3) is 0 Å². The Labute approximate surface area is 188 Å². The van der Waals surface area contributed by atoms with Gasteiger partial charge in [0.15, 0.2) is 5.96 Å². The van der Waals surface area contributed by atoms with Crippen molar-refractivity contribution in [1.82, 2.24) is 15.5 Å². The van der Waals surface area contributed by atoms with Crippen LogP contribution < -0.4 is 10.6 Å². The summed E-state index contributed by atoms with van der Waals surface area (Å²) >= 11 is 0. The van der Waals surface area contributed by atoms with Gasteiger partial charge in [-0.25, -0.2) is 0 Å². The number of aliphatic imine (C=N–C) groups is 1. The van der Waals surface area contributed by atoms with Gasteiger partial charge in [-0.1, -0.05) is 31.2 Å². The van der Waals surface area contributed by atoms with E-state index in [-0.39, 0.29) is 0 Å². The minimum atomic E-state index is 0.478. The van der Waals surface area contributed by atoms with E-state index in [1.807, 2.05) is 0 Å². The number of nitrogens with zero attached hydrogens (tertiary/aromatic N) is 2. The number of guanidine groups is 1. The van der Waals surface area contributed by atoms with Gasteiger partial charge in [0, 0.05) is 58.6 Å². The topological polar surface area (TPSA) is 58.1 Å². The van der Waals surface area contributed by atoms with E-state index < -0.39 is 0 Å². The van der Waals surface area contributed by atoms with E-state index in [4.69, 9.17) is 14.5 Å². The molecule has 0 spiro atoms. The van der Waals surface area contributed by atoms with Gasteiger partial charge in [0.1, 0.15) is 0 Å². The van der Waals surface area contributed by atoms with Gasteiger partial charge in [0.05, 0.1) is 6.54 Å². The molecular formula is C25H42N4O2. The van der Waals surface area contributed by atoms with Crippen molar-refractivity contribution in [2.24, 2.45) is 10.9 Å². The number of ether oxygens (including phenoxy) is 2. The summed E-state index contributed by atoms with van der Waals surface area (Å²) < 4.78 is 11.3. The molecule has 1 unspecified atom stereocenters. The van der Waals surface area contributed by atoms with Crippen LogP contribution in [0.15, 0.2) is 29.3 Å². The van der Waals surface area contributed by atoms with Crippen LogP contribution in [-0.2, 0) is 22.4 Å². The van der Waals surface area contributed by atoms with Gasteiger partial charge in [-0.15, -0.1) is 0 Å². The smallest absolute Gasteiger partial charge is 0.191 e. The molecule has 2 aliphatic heterocycles. The minimum absolute atomic E-state index is 0.478. The monoisotopic (exact) mass is 430 g/mol. The standard InChI is InChI=1S/C25H42N4O2/c1-3-24(29-14-10-22-8-5-6-9-23(22)19-29)18-28-25(26-4-2)27-13-7-15-31-20-21-11-16-30-17-12-21/h5-6,8-9,21,24H,3-4,7,10-20H2,1-2H3,(H2,26,27,28). The molecule has 2 heterocycles. The summed E-state index contributed by atoms with van der Waals surface area (Å²) in [5.41, 5.74) is 2.98. The molecule has 6 heteroatoms. The van der Waals surface area contributed by atoms with E-state index in [0.29, 0.717) is 12.0 Å². The lowest BCUT2D eigenvalue weighted by Crippen LogP contribution is -2.43. The summed E-state index contributed by atoms with van der Waals surface area (Å²) in [5.74, 6) is 1.59. The molecule has 2 N–H and O–H groups in total. The Morgan fingerprint density at radius 3 is 2.77 bits per heavy atom. The third-order valence-corrected chi connectivity index (χ3v) is 6.40. The largest absolute Gasteiger partial charge is 0.381 e. The highest BCUT2D eigenvalue weighted by Gasteiger charge is 2.22. The van der Waals surface area contributed by atoms with E-state index >= 15 is 0 Å². The molecule has 0 aromatic heterocycles. The fourth-order valence-electron chi connectivity index (χ4n) is 4.41.